The van der Waals surface area contributed by atoms with Crippen molar-refractivity contribution in [2.24, 2.45) is 0 Å². The van der Waals surface area contributed by atoms with Crippen LogP contribution in [0.4, 0.5) is 0 Å². The van der Waals surface area contributed by atoms with Crippen LogP contribution in [0.3, 0.4) is 0 Å². The molecule has 1 N–H and O–H groups in total. The molecule has 0 radical (unpaired) electrons. The SMILES string of the molecule is CN1CCN(CCCNCc2c(Cl)ccc(Cl)c2Cl)CC1. The van der Waals surface area contributed by atoms with E-state index in [0.717, 1.165) is 25.1 Å². The van der Waals surface area contributed by atoms with Gasteiger partial charge in [-0.15, -0.1) is 0 Å². The zero-order valence-electron chi connectivity index (χ0n) is 12.3. The van der Waals surface area contributed by atoms with E-state index in [2.05, 4.69) is 22.2 Å². The van der Waals surface area contributed by atoms with Crippen molar-refractivity contribution in [2.75, 3.05) is 46.3 Å². The van der Waals surface area contributed by atoms with Gasteiger partial charge in [0.05, 0.1) is 10.0 Å². The number of piperazine rings is 1. The Morgan fingerprint density at radius 1 is 1.05 bits per heavy atom. The second kappa shape index (κ2) is 8.56. The molecule has 1 aromatic rings. The summed E-state index contributed by atoms with van der Waals surface area (Å²) >= 11 is 18.3. The molecule has 1 aliphatic rings. The zero-order valence-corrected chi connectivity index (χ0v) is 14.6. The van der Waals surface area contributed by atoms with Crippen LogP contribution >= 0.6 is 34.8 Å². The highest BCUT2D eigenvalue weighted by Gasteiger charge is 2.13. The van der Waals surface area contributed by atoms with Gasteiger partial charge in [0.15, 0.2) is 0 Å². The lowest BCUT2D eigenvalue weighted by Crippen LogP contribution is -2.45. The number of benzene rings is 1. The van der Waals surface area contributed by atoms with Crippen molar-refractivity contribution in [2.45, 2.75) is 13.0 Å². The summed E-state index contributed by atoms with van der Waals surface area (Å²) in [5, 5.41) is 5.16. The predicted molar refractivity (Wildman–Crippen MR) is 91.7 cm³/mol. The lowest BCUT2D eigenvalue weighted by Gasteiger charge is -2.32. The van der Waals surface area contributed by atoms with Crippen LogP contribution in [0.5, 0.6) is 0 Å². The Morgan fingerprint density at radius 3 is 2.43 bits per heavy atom. The van der Waals surface area contributed by atoms with Crippen molar-refractivity contribution in [3.8, 4) is 0 Å². The van der Waals surface area contributed by atoms with Crippen molar-refractivity contribution >= 4 is 34.8 Å². The van der Waals surface area contributed by atoms with Gasteiger partial charge in [0.2, 0.25) is 0 Å². The first-order valence-electron chi connectivity index (χ1n) is 7.32. The van der Waals surface area contributed by atoms with Gasteiger partial charge in [-0.1, -0.05) is 34.8 Å². The maximum Gasteiger partial charge on any atom is 0.0652 e. The highest BCUT2D eigenvalue weighted by Crippen LogP contribution is 2.31. The van der Waals surface area contributed by atoms with Gasteiger partial charge in [-0.25, -0.2) is 0 Å². The molecule has 1 heterocycles. The molecule has 0 unspecified atom stereocenters. The summed E-state index contributed by atoms with van der Waals surface area (Å²) in [4.78, 5) is 4.89. The molecule has 0 bridgehead atoms. The molecule has 0 atom stereocenters. The molecule has 0 saturated carbocycles. The Hall–Kier alpha value is -0.0300. The Bertz CT molecular complexity index is 460. The number of likely N-dealkylation sites (N-methyl/N-ethyl adjacent to an activating group) is 1. The maximum atomic E-state index is 6.18. The van der Waals surface area contributed by atoms with Crippen LogP contribution in [0.15, 0.2) is 12.1 Å². The molecule has 1 aromatic carbocycles. The first kappa shape index (κ1) is 17.3. The summed E-state index contributed by atoms with van der Waals surface area (Å²) < 4.78 is 0. The first-order valence-corrected chi connectivity index (χ1v) is 8.45. The Labute approximate surface area is 142 Å². The standard InChI is InChI=1S/C15H22Cl3N3/c1-20-7-9-21(10-8-20)6-2-5-19-11-12-13(16)3-4-14(17)15(12)18/h3-4,19H,2,5-11H2,1H3. The van der Waals surface area contributed by atoms with Crippen molar-refractivity contribution in [3.63, 3.8) is 0 Å². The van der Waals surface area contributed by atoms with E-state index in [1.807, 2.05) is 0 Å². The summed E-state index contributed by atoms with van der Waals surface area (Å²) in [5.41, 5.74) is 0.880. The van der Waals surface area contributed by atoms with E-state index in [9.17, 15) is 0 Å². The lowest BCUT2D eigenvalue weighted by atomic mass is 10.2. The molecule has 21 heavy (non-hydrogen) atoms. The van der Waals surface area contributed by atoms with Gasteiger partial charge in [0.25, 0.3) is 0 Å². The Kier molecular flexibility index (Phi) is 7.06. The third-order valence-electron chi connectivity index (χ3n) is 3.86. The van der Waals surface area contributed by atoms with Gasteiger partial charge >= 0.3 is 0 Å². The minimum Gasteiger partial charge on any atom is -0.313 e. The number of halogens is 3. The third-order valence-corrected chi connectivity index (χ3v) is 5.06. The molecule has 0 amide bonds. The van der Waals surface area contributed by atoms with Gasteiger partial charge in [-0.2, -0.15) is 0 Å². The van der Waals surface area contributed by atoms with Crippen LogP contribution in [-0.4, -0.2) is 56.1 Å². The van der Waals surface area contributed by atoms with Gasteiger partial charge in [-0.05, 0) is 38.7 Å². The van der Waals surface area contributed by atoms with Gasteiger partial charge < -0.3 is 15.1 Å². The highest BCUT2D eigenvalue weighted by atomic mass is 35.5. The summed E-state index contributed by atoms with van der Waals surface area (Å²) in [6, 6.07) is 3.51. The molecule has 6 heteroatoms. The zero-order chi connectivity index (χ0) is 15.2. The number of nitrogens with one attached hydrogen (secondary N) is 1. The van der Waals surface area contributed by atoms with E-state index < -0.39 is 0 Å². The quantitative estimate of drug-likeness (QED) is 0.627. The monoisotopic (exact) mass is 349 g/mol. The van der Waals surface area contributed by atoms with E-state index in [4.69, 9.17) is 34.8 Å². The summed E-state index contributed by atoms with van der Waals surface area (Å²) in [5.74, 6) is 0. The van der Waals surface area contributed by atoms with Gasteiger partial charge in [0, 0.05) is 43.3 Å². The molecular formula is C15H22Cl3N3. The number of nitrogens with zero attached hydrogens (tertiary/aromatic N) is 2. The van der Waals surface area contributed by atoms with Crippen LogP contribution in [-0.2, 0) is 6.54 Å². The van der Waals surface area contributed by atoms with E-state index in [1.54, 1.807) is 12.1 Å². The summed E-state index contributed by atoms with van der Waals surface area (Å²) in [7, 11) is 2.18. The average molecular weight is 351 g/mol. The fourth-order valence-corrected chi connectivity index (χ4v) is 3.12. The minimum atomic E-state index is 0.551. The number of hydrogen-bond acceptors (Lipinski definition) is 3. The fraction of sp³-hybridized carbons (Fsp3) is 0.600. The molecule has 3 nitrogen and oxygen atoms in total. The average Bonchev–Trinajstić information content (AvgIpc) is 2.48. The topological polar surface area (TPSA) is 18.5 Å². The molecule has 1 fully saturated rings. The summed E-state index contributed by atoms with van der Waals surface area (Å²) in [6.07, 6.45) is 1.12. The molecule has 1 saturated heterocycles. The molecule has 1 aliphatic heterocycles. The van der Waals surface area contributed by atoms with Gasteiger partial charge in [-0.3, -0.25) is 0 Å². The van der Waals surface area contributed by atoms with Gasteiger partial charge in [0.1, 0.15) is 0 Å². The maximum absolute atomic E-state index is 6.18. The van der Waals surface area contributed by atoms with E-state index in [0.29, 0.717) is 21.6 Å². The normalized spacial score (nSPS) is 17.3. The van der Waals surface area contributed by atoms with Crippen LogP contribution < -0.4 is 5.32 Å². The second-order valence-corrected chi connectivity index (χ2v) is 6.69. The predicted octanol–water partition coefficient (Wildman–Crippen LogP) is 3.37. The number of hydrogen-bond donors (Lipinski definition) is 1. The fourth-order valence-electron chi connectivity index (χ4n) is 2.44. The molecule has 0 spiro atoms. The van der Waals surface area contributed by atoms with E-state index in [-0.39, 0.29) is 0 Å². The van der Waals surface area contributed by atoms with Crippen molar-refractivity contribution in [1.29, 1.82) is 0 Å². The third kappa shape index (κ3) is 5.27. The van der Waals surface area contributed by atoms with Crippen molar-refractivity contribution in [3.05, 3.63) is 32.8 Å². The Morgan fingerprint density at radius 2 is 1.71 bits per heavy atom. The molecule has 2 rings (SSSR count). The smallest absolute Gasteiger partial charge is 0.0652 e. The molecule has 118 valence electrons. The lowest BCUT2D eigenvalue weighted by molar-refractivity contribution is 0.153. The largest absolute Gasteiger partial charge is 0.313 e. The van der Waals surface area contributed by atoms with Crippen LogP contribution in [0.25, 0.3) is 0 Å². The van der Waals surface area contributed by atoms with E-state index in [1.165, 1.54) is 26.2 Å². The van der Waals surface area contributed by atoms with Crippen LogP contribution in [0.1, 0.15) is 12.0 Å². The van der Waals surface area contributed by atoms with Crippen LogP contribution in [0.2, 0.25) is 15.1 Å². The minimum absolute atomic E-state index is 0.551. The van der Waals surface area contributed by atoms with Crippen molar-refractivity contribution in [1.82, 2.24) is 15.1 Å². The van der Waals surface area contributed by atoms with E-state index >= 15 is 0 Å². The summed E-state index contributed by atoms with van der Waals surface area (Å²) in [6.45, 7) is 7.41. The Balaban J connectivity index is 1.67. The van der Waals surface area contributed by atoms with Crippen LogP contribution in [0, 0.1) is 0 Å². The molecule has 0 aliphatic carbocycles. The highest BCUT2D eigenvalue weighted by molar-refractivity contribution is 6.44. The number of rotatable bonds is 6. The molecule has 0 aromatic heterocycles. The second-order valence-electron chi connectivity index (χ2n) is 5.50. The van der Waals surface area contributed by atoms with Crippen molar-refractivity contribution < 1.29 is 0 Å². The molecular weight excluding hydrogens is 329 g/mol. The first-order chi connectivity index (χ1) is 10.1.